The molecule has 15 heavy (non-hydrogen) atoms. The molecule has 0 bridgehead atoms. The molecule has 3 atom stereocenters. The molecule has 0 saturated carbocycles. The second kappa shape index (κ2) is 5.47. The van der Waals surface area contributed by atoms with Crippen LogP contribution in [0.1, 0.15) is 33.1 Å². The van der Waals surface area contributed by atoms with E-state index in [0.717, 1.165) is 12.8 Å². The number of methoxy groups -OCH3 is 1. The normalized spacial score (nSPS) is 28.9. The molecule has 4 heteroatoms. The van der Waals surface area contributed by atoms with E-state index in [1.165, 1.54) is 13.5 Å². The van der Waals surface area contributed by atoms with Crippen LogP contribution in [-0.2, 0) is 9.53 Å². The van der Waals surface area contributed by atoms with E-state index in [4.69, 9.17) is 10.5 Å². The maximum absolute atomic E-state index is 12.1. The van der Waals surface area contributed by atoms with Crippen LogP contribution in [-0.4, -0.2) is 42.6 Å². The van der Waals surface area contributed by atoms with E-state index >= 15 is 0 Å². The molecule has 1 aliphatic rings. The lowest BCUT2D eigenvalue weighted by Crippen LogP contribution is -2.53. The van der Waals surface area contributed by atoms with E-state index in [0.29, 0.717) is 12.1 Å². The Morgan fingerprint density at radius 2 is 2.00 bits per heavy atom. The second-order valence-electron chi connectivity index (χ2n) is 4.33. The number of hydrogen-bond donors (Lipinski definition) is 1. The SMILES string of the molecule is COC(CN)C(=O)N1[C@H](C)CCC[C@@H]1C. The quantitative estimate of drug-likeness (QED) is 0.754. The van der Waals surface area contributed by atoms with Gasteiger partial charge >= 0.3 is 0 Å². The van der Waals surface area contributed by atoms with E-state index in [2.05, 4.69) is 13.8 Å². The van der Waals surface area contributed by atoms with Crippen molar-refractivity contribution in [2.45, 2.75) is 51.3 Å². The summed E-state index contributed by atoms with van der Waals surface area (Å²) in [6.07, 6.45) is 2.88. The number of hydrogen-bond acceptors (Lipinski definition) is 3. The first-order valence-electron chi connectivity index (χ1n) is 5.66. The predicted molar refractivity (Wildman–Crippen MR) is 59.5 cm³/mol. The minimum Gasteiger partial charge on any atom is -0.370 e. The Morgan fingerprint density at radius 3 is 2.40 bits per heavy atom. The largest absolute Gasteiger partial charge is 0.370 e. The molecular formula is C11H22N2O2. The molecule has 0 aromatic rings. The molecule has 4 nitrogen and oxygen atoms in total. The molecule has 1 saturated heterocycles. The van der Waals surface area contributed by atoms with Gasteiger partial charge in [-0.2, -0.15) is 0 Å². The highest BCUT2D eigenvalue weighted by molar-refractivity contribution is 5.81. The first-order chi connectivity index (χ1) is 7.11. The summed E-state index contributed by atoms with van der Waals surface area (Å²) in [4.78, 5) is 14.0. The van der Waals surface area contributed by atoms with Gasteiger partial charge in [-0.05, 0) is 33.1 Å². The monoisotopic (exact) mass is 214 g/mol. The average Bonchev–Trinajstić information content (AvgIpc) is 2.19. The molecule has 1 heterocycles. The zero-order chi connectivity index (χ0) is 11.4. The van der Waals surface area contributed by atoms with Gasteiger partial charge in [0, 0.05) is 25.7 Å². The van der Waals surface area contributed by atoms with Crippen molar-refractivity contribution in [1.82, 2.24) is 4.90 Å². The first-order valence-corrected chi connectivity index (χ1v) is 5.66. The number of carbonyl (C=O) groups excluding carboxylic acids is 1. The van der Waals surface area contributed by atoms with E-state index in [9.17, 15) is 4.79 Å². The highest BCUT2D eigenvalue weighted by Crippen LogP contribution is 2.23. The summed E-state index contributed by atoms with van der Waals surface area (Å²) in [5.74, 6) is 0.0414. The minimum atomic E-state index is -0.479. The Balaban J connectivity index is 2.70. The summed E-state index contributed by atoms with van der Waals surface area (Å²) >= 11 is 0. The van der Waals surface area contributed by atoms with Crippen molar-refractivity contribution in [2.75, 3.05) is 13.7 Å². The third-order valence-corrected chi connectivity index (χ3v) is 3.22. The highest BCUT2D eigenvalue weighted by atomic mass is 16.5. The fraction of sp³-hybridized carbons (Fsp3) is 0.909. The second-order valence-corrected chi connectivity index (χ2v) is 4.33. The van der Waals surface area contributed by atoms with E-state index in [1.807, 2.05) is 4.90 Å². The Morgan fingerprint density at radius 1 is 1.47 bits per heavy atom. The van der Waals surface area contributed by atoms with Crippen LogP contribution in [0, 0.1) is 0 Å². The fourth-order valence-electron chi connectivity index (χ4n) is 2.32. The van der Waals surface area contributed by atoms with Gasteiger partial charge in [0.25, 0.3) is 5.91 Å². The molecule has 1 amide bonds. The number of nitrogens with two attached hydrogens (primary N) is 1. The zero-order valence-corrected chi connectivity index (χ0v) is 9.90. The highest BCUT2D eigenvalue weighted by Gasteiger charge is 2.32. The molecule has 2 N–H and O–H groups in total. The number of likely N-dealkylation sites (tertiary alicyclic amines) is 1. The third-order valence-electron chi connectivity index (χ3n) is 3.22. The maximum atomic E-state index is 12.1. The third kappa shape index (κ3) is 2.69. The summed E-state index contributed by atoms with van der Waals surface area (Å²) in [5.41, 5.74) is 5.51. The Kier molecular flexibility index (Phi) is 4.54. The van der Waals surface area contributed by atoms with Crippen LogP contribution >= 0.6 is 0 Å². The summed E-state index contributed by atoms with van der Waals surface area (Å²) < 4.78 is 5.09. The van der Waals surface area contributed by atoms with Crippen LogP contribution < -0.4 is 5.73 Å². The molecule has 1 aliphatic heterocycles. The molecule has 1 fully saturated rings. The summed E-state index contributed by atoms with van der Waals surface area (Å²) in [6, 6.07) is 0.621. The van der Waals surface area contributed by atoms with Crippen molar-refractivity contribution in [1.29, 1.82) is 0 Å². The molecule has 0 aliphatic carbocycles. The number of piperidine rings is 1. The standard InChI is InChI=1S/C11H22N2O2/c1-8-5-4-6-9(2)13(8)11(14)10(7-12)15-3/h8-10H,4-7,12H2,1-3H3/t8-,9+,10?. The lowest BCUT2D eigenvalue weighted by molar-refractivity contribution is -0.147. The van der Waals surface area contributed by atoms with Gasteiger partial charge in [0.05, 0.1) is 0 Å². The number of rotatable bonds is 3. The predicted octanol–water partition coefficient (Wildman–Crippen LogP) is 0.750. The molecular weight excluding hydrogens is 192 g/mol. The van der Waals surface area contributed by atoms with Gasteiger partial charge in [-0.3, -0.25) is 4.79 Å². The van der Waals surface area contributed by atoms with Gasteiger partial charge in [-0.15, -0.1) is 0 Å². The molecule has 0 aromatic carbocycles. The van der Waals surface area contributed by atoms with Crippen LogP contribution in [0.25, 0.3) is 0 Å². The van der Waals surface area contributed by atoms with E-state index in [-0.39, 0.29) is 12.5 Å². The van der Waals surface area contributed by atoms with Crippen LogP contribution in [0.4, 0.5) is 0 Å². The molecule has 1 rings (SSSR count). The molecule has 88 valence electrons. The lowest BCUT2D eigenvalue weighted by Gasteiger charge is -2.40. The summed E-state index contributed by atoms with van der Waals surface area (Å²) in [6.45, 7) is 4.44. The van der Waals surface area contributed by atoms with Gasteiger partial charge in [0.15, 0.2) is 0 Å². The molecule has 0 aromatic heterocycles. The Hall–Kier alpha value is -0.610. The van der Waals surface area contributed by atoms with Gasteiger partial charge in [-0.25, -0.2) is 0 Å². The van der Waals surface area contributed by atoms with Crippen molar-refractivity contribution in [3.63, 3.8) is 0 Å². The molecule has 1 unspecified atom stereocenters. The van der Waals surface area contributed by atoms with E-state index in [1.54, 1.807) is 0 Å². The van der Waals surface area contributed by atoms with E-state index < -0.39 is 6.10 Å². The van der Waals surface area contributed by atoms with Crippen molar-refractivity contribution in [3.05, 3.63) is 0 Å². The summed E-state index contributed by atoms with van der Waals surface area (Å²) in [5, 5.41) is 0. The number of amides is 1. The van der Waals surface area contributed by atoms with Crippen LogP contribution in [0.15, 0.2) is 0 Å². The first kappa shape index (κ1) is 12.5. The smallest absolute Gasteiger partial charge is 0.253 e. The fourth-order valence-corrected chi connectivity index (χ4v) is 2.32. The maximum Gasteiger partial charge on any atom is 0.253 e. The van der Waals surface area contributed by atoms with Crippen LogP contribution in [0.2, 0.25) is 0 Å². The number of ether oxygens (including phenoxy) is 1. The van der Waals surface area contributed by atoms with Crippen molar-refractivity contribution < 1.29 is 9.53 Å². The summed E-state index contributed by atoms with van der Waals surface area (Å²) in [7, 11) is 1.54. The lowest BCUT2D eigenvalue weighted by atomic mass is 9.97. The Bertz CT molecular complexity index is 207. The van der Waals surface area contributed by atoms with Crippen molar-refractivity contribution >= 4 is 5.91 Å². The van der Waals surface area contributed by atoms with Gasteiger partial charge in [-0.1, -0.05) is 0 Å². The van der Waals surface area contributed by atoms with Gasteiger partial charge in [0.2, 0.25) is 0 Å². The zero-order valence-electron chi connectivity index (χ0n) is 9.90. The Labute approximate surface area is 91.8 Å². The minimum absolute atomic E-state index is 0.0414. The number of nitrogens with zero attached hydrogens (tertiary/aromatic N) is 1. The molecule has 0 spiro atoms. The van der Waals surface area contributed by atoms with Crippen molar-refractivity contribution in [2.24, 2.45) is 5.73 Å². The van der Waals surface area contributed by atoms with Gasteiger partial charge < -0.3 is 15.4 Å². The molecule has 0 radical (unpaired) electrons. The van der Waals surface area contributed by atoms with Crippen LogP contribution in [0.5, 0.6) is 0 Å². The number of carbonyl (C=O) groups is 1. The van der Waals surface area contributed by atoms with Crippen LogP contribution in [0.3, 0.4) is 0 Å². The average molecular weight is 214 g/mol. The van der Waals surface area contributed by atoms with Crippen molar-refractivity contribution in [3.8, 4) is 0 Å². The topological polar surface area (TPSA) is 55.6 Å². The van der Waals surface area contributed by atoms with Gasteiger partial charge in [0.1, 0.15) is 6.10 Å².